The average molecular weight is 390 g/mol. The Morgan fingerprint density at radius 2 is 2.03 bits per heavy atom. The molecular weight excluding hydrogens is 368 g/mol. The summed E-state index contributed by atoms with van der Waals surface area (Å²) >= 11 is 0. The van der Waals surface area contributed by atoms with E-state index in [2.05, 4.69) is 20.4 Å². The second kappa shape index (κ2) is 7.50. The lowest BCUT2D eigenvalue weighted by molar-refractivity contribution is 0.0953. The number of carbonyl (C=O) groups is 1. The molecule has 0 aromatic carbocycles. The minimum Gasteiger partial charge on any atom is -0.466 e. The minimum absolute atomic E-state index is 0.0827. The molecule has 7 heteroatoms. The molecule has 0 aliphatic rings. The van der Waals surface area contributed by atoms with Crippen LogP contribution in [0, 0.1) is 20.8 Å². The van der Waals surface area contributed by atoms with Gasteiger partial charge in [-0.15, -0.1) is 0 Å². The van der Waals surface area contributed by atoms with Crippen LogP contribution in [-0.2, 0) is 0 Å². The lowest BCUT2D eigenvalue weighted by atomic mass is 10.0. The number of fused-ring (bicyclic) bond motifs is 1. The first-order chi connectivity index (χ1) is 13.9. The Balaban J connectivity index is 1.67. The van der Waals surface area contributed by atoms with Crippen LogP contribution in [0.1, 0.15) is 46.1 Å². The zero-order valence-electron chi connectivity index (χ0n) is 16.8. The Morgan fingerprint density at radius 3 is 2.72 bits per heavy atom. The maximum atomic E-state index is 13.1. The van der Waals surface area contributed by atoms with E-state index in [1.54, 1.807) is 19.2 Å². The van der Waals surface area contributed by atoms with Gasteiger partial charge in [-0.1, -0.05) is 18.1 Å². The summed E-state index contributed by atoms with van der Waals surface area (Å²) in [6.07, 6.45) is 1.75. The minimum atomic E-state index is -0.203. The zero-order chi connectivity index (χ0) is 20.5. The highest BCUT2D eigenvalue weighted by Crippen LogP contribution is 2.30. The van der Waals surface area contributed by atoms with Gasteiger partial charge in [-0.2, -0.15) is 0 Å². The molecule has 0 bridgehead atoms. The van der Waals surface area contributed by atoms with Crippen molar-refractivity contribution in [2.24, 2.45) is 0 Å². The number of amides is 1. The first kappa shape index (κ1) is 18.9. The number of nitrogens with zero attached hydrogens (tertiary/aromatic N) is 3. The van der Waals surface area contributed by atoms with E-state index in [0.717, 1.165) is 22.8 Å². The Morgan fingerprint density at radius 1 is 1.21 bits per heavy atom. The summed E-state index contributed by atoms with van der Waals surface area (Å²) in [5.74, 6) is 1.40. The Labute approximate surface area is 168 Å². The third kappa shape index (κ3) is 3.63. The number of carbonyl (C=O) groups excluding carboxylic acids is 1. The molecule has 1 atom stereocenters. The van der Waals surface area contributed by atoms with Gasteiger partial charge in [0.25, 0.3) is 11.6 Å². The fourth-order valence-corrected chi connectivity index (χ4v) is 3.41. The number of hydrogen-bond acceptors (Lipinski definition) is 6. The van der Waals surface area contributed by atoms with Crippen LogP contribution in [0.4, 0.5) is 0 Å². The Hall–Kier alpha value is -3.48. The SMILES string of the molecule is Cc1cc(-c2cc(C(=O)NCC(C)c3ccccn3)c3c(C)noc3n2)c(C)o1. The van der Waals surface area contributed by atoms with Crippen molar-refractivity contribution in [3.8, 4) is 11.3 Å². The lowest BCUT2D eigenvalue weighted by Crippen LogP contribution is -2.28. The number of furan rings is 1. The van der Waals surface area contributed by atoms with Crippen LogP contribution in [0.2, 0.25) is 0 Å². The highest BCUT2D eigenvalue weighted by atomic mass is 16.5. The van der Waals surface area contributed by atoms with Crippen LogP contribution >= 0.6 is 0 Å². The third-order valence-corrected chi connectivity index (χ3v) is 4.94. The predicted molar refractivity (Wildman–Crippen MR) is 109 cm³/mol. The molecule has 1 N–H and O–H groups in total. The summed E-state index contributed by atoms with van der Waals surface area (Å²) in [6, 6.07) is 9.43. The molecule has 0 aliphatic heterocycles. The van der Waals surface area contributed by atoms with Crippen molar-refractivity contribution >= 4 is 17.0 Å². The second-order valence-corrected chi connectivity index (χ2v) is 7.20. The Bertz CT molecular complexity index is 1180. The summed E-state index contributed by atoms with van der Waals surface area (Å²) in [5, 5.41) is 7.62. The topological polar surface area (TPSA) is 94.1 Å². The molecule has 0 fully saturated rings. The van der Waals surface area contributed by atoms with Gasteiger partial charge in [-0.05, 0) is 45.0 Å². The number of aromatic nitrogens is 3. The maximum absolute atomic E-state index is 13.1. The molecule has 4 heterocycles. The molecule has 148 valence electrons. The van der Waals surface area contributed by atoms with E-state index in [4.69, 9.17) is 8.94 Å². The monoisotopic (exact) mass is 390 g/mol. The maximum Gasteiger partial charge on any atom is 0.259 e. The van der Waals surface area contributed by atoms with Crippen molar-refractivity contribution in [2.45, 2.75) is 33.6 Å². The molecule has 4 aromatic rings. The largest absolute Gasteiger partial charge is 0.466 e. The number of aryl methyl sites for hydroxylation is 3. The molecule has 0 spiro atoms. The van der Waals surface area contributed by atoms with Crippen LogP contribution in [0.3, 0.4) is 0 Å². The lowest BCUT2D eigenvalue weighted by Gasteiger charge is -2.13. The summed E-state index contributed by atoms with van der Waals surface area (Å²) in [6.45, 7) is 8.03. The van der Waals surface area contributed by atoms with E-state index in [0.29, 0.717) is 34.6 Å². The highest BCUT2D eigenvalue weighted by molar-refractivity contribution is 6.07. The summed E-state index contributed by atoms with van der Waals surface area (Å²) in [4.78, 5) is 22.0. The van der Waals surface area contributed by atoms with Crippen LogP contribution < -0.4 is 5.32 Å². The molecule has 1 amide bonds. The van der Waals surface area contributed by atoms with E-state index < -0.39 is 0 Å². The van der Waals surface area contributed by atoms with Gasteiger partial charge in [0.05, 0.1) is 22.3 Å². The first-order valence-electron chi connectivity index (χ1n) is 9.47. The fraction of sp³-hybridized carbons (Fsp3) is 0.273. The van der Waals surface area contributed by atoms with Crippen molar-refractivity contribution in [1.82, 2.24) is 20.4 Å². The summed E-state index contributed by atoms with van der Waals surface area (Å²) in [7, 11) is 0. The zero-order valence-corrected chi connectivity index (χ0v) is 16.8. The third-order valence-electron chi connectivity index (χ3n) is 4.94. The molecule has 0 aliphatic carbocycles. The van der Waals surface area contributed by atoms with Gasteiger partial charge in [0.2, 0.25) is 0 Å². The van der Waals surface area contributed by atoms with Crippen LogP contribution in [0.25, 0.3) is 22.4 Å². The molecule has 4 aromatic heterocycles. The van der Waals surface area contributed by atoms with Crippen LogP contribution in [0.5, 0.6) is 0 Å². The van der Waals surface area contributed by atoms with Gasteiger partial charge in [-0.3, -0.25) is 9.78 Å². The van der Waals surface area contributed by atoms with Crippen molar-refractivity contribution < 1.29 is 13.7 Å². The number of rotatable bonds is 5. The molecule has 7 nitrogen and oxygen atoms in total. The van der Waals surface area contributed by atoms with E-state index in [1.807, 2.05) is 45.0 Å². The van der Waals surface area contributed by atoms with Crippen molar-refractivity contribution in [2.75, 3.05) is 6.54 Å². The average Bonchev–Trinajstić information content (AvgIpc) is 3.27. The molecule has 0 saturated carbocycles. The normalized spacial score (nSPS) is 12.3. The number of pyridine rings is 2. The van der Waals surface area contributed by atoms with Gasteiger partial charge in [0.15, 0.2) is 0 Å². The van der Waals surface area contributed by atoms with Gasteiger partial charge in [0, 0.05) is 29.9 Å². The van der Waals surface area contributed by atoms with Crippen LogP contribution in [-0.4, -0.2) is 27.6 Å². The Kier molecular flexibility index (Phi) is 4.88. The first-order valence-corrected chi connectivity index (χ1v) is 9.47. The smallest absolute Gasteiger partial charge is 0.259 e. The van der Waals surface area contributed by atoms with Crippen molar-refractivity contribution in [1.29, 1.82) is 0 Å². The number of hydrogen-bond donors (Lipinski definition) is 1. The molecule has 0 saturated heterocycles. The van der Waals surface area contributed by atoms with E-state index in [-0.39, 0.29) is 11.8 Å². The highest BCUT2D eigenvalue weighted by Gasteiger charge is 2.21. The molecular formula is C22H22N4O3. The predicted octanol–water partition coefficient (Wildman–Crippen LogP) is 4.34. The van der Waals surface area contributed by atoms with Crippen molar-refractivity contribution in [3.63, 3.8) is 0 Å². The van der Waals surface area contributed by atoms with Gasteiger partial charge < -0.3 is 14.3 Å². The van der Waals surface area contributed by atoms with Crippen molar-refractivity contribution in [3.05, 3.63) is 65.0 Å². The number of nitrogens with one attached hydrogen (secondary N) is 1. The van der Waals surface area contributed by atoms with Gasteiger partial charge in [0.1, 0.15) is 11.5 Å². The molecule has 1 unspecified atom stereocenters. The van der Waals surface area contributed by atoms with E-state index in [9.17, 15) is 4.79 Å². The van der Waals surface area contributed by atoms with Crippen LogP contribution in [0.15, 0.2) is 45.5 Å². The molecule has 29 heavy (non-hydrogen) atoms. The summed E-state index contributed by atoms with van der Waals surface area (Å²) < 4.78 is 11.0. The molecule has 4 rings (SSSR count). The van der Waals surface area contributed by atoms with E-state index >= 15 is 0 Å². The quantitative estimate of drug-likeness (QED) is 0.545. The molecule has 0 radical (unpaired) electrons. The van der Waals surface area contributed by atoms with Gasteiger partial charge in [-0.25, -0.2) is 4.98 Å². The summed E-state index contributed by atoms with van der Waals surface area (Å²) in [5.41, 5.74) is 3.82. The second-order valence-electron chi connectivity index (χ2n) is 7.20. The van der Waals surface area contributed by atoms with E-state index in [1.165, 1.54) is 0 Å². The van der Waals surface area contributed by atoms with Gasteiger partial charge >= 0.3 is 0 Å². The standard InChI is InChI=1S/C22H22N4O3/c1-12(18-7-5-6-8-23-18)11-24-21(27)17-10-19(16-9-13(2)28-15(16)4)25-22-20(17)14(3)26-29-22/h5-10,12H,11H2,1-4H3,(H,24,27). The fourth-order valence-electron chi connectivity index (χ4n) is 3.41.